The number of hydrogen-bond acceptors (Lipinski definition) is 3. The summed E-state index contributed by atoms with van der Waals surface area (Å²) in [6, 6.07) is 0.0989. The van der Waals surface area contributed by atoms with Crippen LogP contribution in [0.25, 0.3) is 0 Å². The van der Waals surface area contributed by atoms with Crippen molar-refractivity contribution >= 4 is 11.9 Å². The molecule has 1 aliphatic heterocycles. The topological polar surface area (TPSA) is 60.9 Å². The number of amides is 1. The molecule has 17 heavy (non-hydrogen) atoms. The molecule has 1 fully saturated rings. The van der Waals surface area contributed by atoms with E-state index < -0.39 is 11.9 Å². The Balaban J connectivity index is 2.75. The molecule has 1 heterocycles. The number of likely N-dealkylation sites (tertiary alicyclic amines) is 1. The molecule has 0 aromatic carbocycles. The van der Waals surface area contributed by atoms with E-state index in [2.05, 4.69) is 13.8 Å². The standard InChI is InChI=1S/C12H22N2O3/c1-8(2)10(7-13(3)4)14-6-9(12(16)17)5-11(14)15/h8-10H,5-7H2,1-4H3,(H,16,17). The maximum absolute atomic E-state index is 11.9. The Kier molecular flexibility index (Phi) is 4.51. The minimum Gasteiger partial charge on any atom is -0.481 e. The maximum Gasteiger partial charge on any atom is 0.308 e. The van der Waals surface area contributed by atoms with Gasteiger partial charge < -0.3 is 14.9 Å². The molecule has 2 atom stereocenters. The lowest BCUT2D eigenvalue weighted by atomic mass is 10.0. The van der Waals surface area contributed by atoms with Crippen LogP contribution in [0.5, 0.6) is 0 Å². The molecule has 0 radical (unpaired) electrons. The number of nitrogens with zero attached hydrogens (tertiary/aromatic N) is 2. The van der Waals surface area contributed by atoms with Crippen molar-refractivity contribution in [3.05, 3.63) is 0 Å². The molecular weight excluding hydrogens is 220 g/mol. The van der Waals surface area contributed by atoms with Crippen molar-refractivity contribution in [1.82, 2.24) is 9.80 Å². The molecule has 0 bridgehead atoms. The molecule has 1 aliphatic rings. The number of carbonyl (C=O) groups is 2. The van der Waals surface area contributed by atoms with Crippen molar-refractivity contribution in [1.29, 1.82) is 0 Å². The molecule has 5 heteroatoms. The number of aliphatic carboxylic acids is 1. The van der Waals surface area contributed by atoms with E-state index in [9.17, 15) is 9.59 Å². The monoisotopic (exact) mass is 242 g/mol. The first-order chi connectivity index (χ1) is 7.82. The Morgan fingerprint density at radius 2 is 2.12 bits per heavy atom. The summed E-state index contributed by atoms with van der Waals surface area (Å²) in [4.78, 5) is 26.6. The fourth-order valence-corrected chi connectivity index (χ4v) is 2.26. The summed E-state index contributed by atoms with van der Waals surface area (Å²) in [5.74, 6) is -1.11. The highest BCUT2D eigenvalue weighted by atomic mass is 16.4. The van der Waals surface area contributed by atoms with Crippen molar-refractivity contribution in [3.63, 3.8) is 0 Å². The van der Waals surface area contributed by atoms with Gasteiger partial charge >= 0.3 is 5.97 Å². The zero-order valence-electron chi connectivity index (χ0n) is 11.0. The van der Waals surface area contributed by atoms with E-state index in [0.717, 1.165) is 6.54 Å². The molecular formula is C12H22N2O3. The average molecular weight is 242 g/mol. The number of hydrogen-bond donors (Lipinski definition) is 1. The fraction of sp³-hybridized carbons (Fsp3) is 0.833. The van der Waals surface area contributed by atoms with E-state index in [1.54, 1.807) is 4.90 Å². The zero-order valence-corrected chi connectivity index (χ0v) is 11.0. The van der Waals surface area contributed by atoms with E-state index in [0.29, 0.717) is 12.5 Å². The van der Waals surface area contributed by atoms with Gasteiger partial charge in [0, 0.05) is 25.6 Å². The minimum absolute atomic E-state index is 0.0297. The van der Waals surface area contributed by atoms with Crippen LogP contribution in [0, 0.1) is 11.8 Å². The van der Waals surface area contributed by atoms with Gasteiger partial charge in [-0.15, -0.1) is 0 Å². The van der Waals surface area contributed by atoms with E-state index in [1.165, 1.54) is 0 Å². The Morgan fingerprint density at radius 1 is 1.53 bits per heavy atom. The normalized spacial score (nSPS) is 22.6. The quantitative estimate of drug-likeness (QED) is 0.763. The van der Waals surface area contributed by atoms with Crippen molar-refractivity contribution in [2.45, 2.75) is 26.3 Å². The van der Waals surface area contributed by atoms with Crippen LogP contribution in [-0.2, 0) is 9.59 Å². The lowest BCUT2D eigenvalue weighted by Crippen LogP contribution is -2.46. The van der Waals surface area contributed by atoms with Gasteiger partial charge in [0.25, 0.3) is 0 Å². The number of carboxylic acids is 1. The summed E-state index contributed by atoms with van der Waals surface area (Å²) < 4.78 is 0. The molecule has 0 aliphatic carbocycles. The van der Waals surface area contributed by atoms with Crippen LogP contribution >= 0.6 is 0 Å². The number of likely N-dealkylation sites (N-methyl/N-ethyl adjacent to an activating group) is 1. The predicted octanol–water partition coefficient (Wildman–Crippen LogP) is 0.506. The van der Waals surface area contributed by atoms with E-state index in [4.69, 9.17) is 5.11 Å². The van der Waals surface area contributed by atoms with Gasteiger partial charge in [-0.3, -0.25) is 9.59 Å². The highest BCUT2D eigenvalue weighted by Crippen LogP contribution is 2.24. The highest BCUT2D eigenvalue weighted by Gasteiger charge is 2.38. The second kappa shape index (κ2) is 5.49. The minimum atomic E-state index is -0.867. The molecule has 0 aromatic rings. The van der Waals surface area contributed by atoms with Crippen LogP contribution in [0.2, 0.25) is 0 Å². The van der Waals surface area contributed by atoms with Crippen LogP contribution in [0.3, 0.4) is 0 Å². The molecule has 1 amide bonds. The molecule has 1 rings (SSSR count). The third-order valence-corrected chi connectivity index (χ3v) is 3.23. The van der Waals surface area contributed by atoms with Gasteiger partial charge in [0.2, 0.25) is 5.91 Å². The predicted molar refractivity (Wildman–Crippen MR) is 64.6 cm³/mol. The summed E-state index contributed by atoms with van der Waals surface area (Å²) in [6.07, 6.45) is 0.145. The summed E-state index contributed by atoms with van der Waals surface area (Å²) in [7, 11) is 3.93. The molecule has 1 N–H and O–H groups in total. The Morgan fingerprint density at radius 3 is 2.47 bits per heavy atom. The molecule has 98 valence electrons. The molecule has 1 saturated heterocycles. The van der Waals surface area contributed by atoms with E-state index in [-0.39, 0.29) is 18.4 Å². The Labute approximate surface area is 102 Å². The van der Waals surface area contributed by atoms with Crippen molar-refractivity contribution < 1.29 is 14.7 Å². The van der Waals surface area contributed by atoms with Crippen LogP contribution in [-0.4, -0.2) is 60.0 Å². The number of carbonyl (C=O) groups excluding carboxylic acids is 1. The van der Waals surface area contributed by atoms with Gasteiger partial charge in [0.1, 0.15) is 0 Å². The maximum atomic E-state index is 11.9. The summed E-state index contributed by atoms with van der Waals surface area (Å²) in [5.41, 5.74) is 0. The first-order valence-electron chi connectivity index (χ1n) is 6.00. The smallest absolute Gasteiger partial charge is 0.308 e. The molecule has 2 unspecified atom stereocenters. The van der Waals surface area contributed by atoms with Crippen molar-refractivity contribution in [2.75, 3.05) is 27.2 Å². The largest absolute Gasteiger partial charge is 0.481 e. The van der Waals surface area contributed by atoms with Gasteiger partial charge in [0.05, 0.1) is 5.92 Å². The molecule has 5 nitrogen and oxygen atoms in total. The lowest BCUT2D eigenvalue weighted by molar-refractivity contribution is -0.141. The van der Waals surface area contributed by atoms with Gasteiger partial charge in [-0.25, -0.2) is 0 Å². The summed E-state index contributed by atoms with van der Waals surface area (Å²) in [5, 5.41) is 8.96. The van der Waals surface area contributed by atoms with Gasteiger partial charge in [-0.05, 0) is 20.0 Å². The second-order valence-electron chi connectivity index (χ2n) is 5.36. The Hall–Kier alpha value is -1.10. The van der Waals surface area contributed by atoms with Gasteiger partial charge in [-0.2, -0.15) is 0 Å². The molecule has 0 saturated carbocycles. The van der Waals surface area contributed by atoms with Crippen molar-refractivity contribution in [2.24, 2.45) is 11.8 Å². The van der Waals surface area contributed by atoms with Crippen LogP contribution in [0.15, 0.2) is 0 Å². The van der Waals surface area contributed by atoms with E-state index >= 15 is 0 Å². The number of rotatable bonds is 5. The van der Waals surface area contributed by atoms with Crippen LogP contribution in [0.4, 0.5) is 0 Å². The first-order valence-corrected chi connectivity index (χ1v) is 6.00. The molecule has 0 aromatic heterocycles. The third-order valence-electron chi connectivity index (χ3n) is 3.23. The summed E-state index contributed by atoms with van der Waals surface area (Å²) in [6.45, 7) is 5.26. The van der Waals surface area contributed by atoms with Gasteiger partial charge in [0.15, 0.2) is 0 Å². The molecule has 0 spiro atoms. The third kappa shape index (κ3) is 3.43. The van der Waals surface area contributed by atoms with E-state index in [1.807, 2.05) is 19.0 Å². The first kappa shape index (κ1) is 14.0. The Bertz CT molecular complexity index is 302. The summed E-state index contributed by atoms with van der Waals surface area (Å²) >= 11 is 0. The fourth-order valence-electron chi connectivity index (χ4n) is 2.26. The lowest BCUT2D eigenvalue weighted by Gasteiger charge is -2.33. The average Bonchev–Trinajstić information content (AvgIpc) is 2.56. The van der Waals surface area contributed by atoms with Gasteiger partial charge in [-0.1, -0.05) is 13.8 Å². The van der Waals surface area contributed by atoms with Crippen LogP contribution in [0.1, 0.15) is 20.3 Å². The highest BCUT2D eigenvalue weighted by molar-refractivity contribution is 5.86. The zero-order chi connectivity index (χ0) is 13.2. The van der Waals surface area contributed by atoms with Crippen molar-refractivity contribution in [3.8, 4) is 0 Å². The SMILES string of the molecule is CC(C)C(CN(C)C)N1CC(C(=O)O)CC1=O. The number of carboxylic acid groups (broad SMARTS) is 1. The van der Waals surface area contributed by atoms with Crippen LogP contribution < -0.4 is 0 Å². The second-order valence-corrected chi connectivity index (χ2v) is 5.36.